The molecule has 0 fully saturated rings. The van der Waals surface area contributed by atoms with E-state index in [1.165, 1.54) is 23.1 Å². The summed E-state index contributed by atoms with van der Waals surface area (Å²) in [6.45, 7) is 5.36. The van der Waals surface area contributed by atoms with E-state index in [-0.39, 0.29) is 23.8 Å². The fraction of sp³-hybridized carbons (Fsp3) is 0.296. The second kappa shape index (κ2) is 10.9. The Morgan fingerprint density at radius 2 is 1.89 bits per heavy atom. The molecule has 0 unspecified atom stereocenters. The molecule has 0 saturated heterocycles. The van der Waals surface area contributed by atoms with Crippen LogP contribution in [-0.4, -0.2) is 41.5 Å². The van der Waals surface area contributed by atoms with E-state index >= 15 is 0 Å². The number of nitrogens with one attached hydrogen (secondary N) is 1. The third kappa shape index (κ3) is 5.17. The van der Waals surface area contributed by atoms with Crippen LogP contribution in [0, 0.1) is 13.8 Å². The van der Waals surface area contributed by atoms with E-state index in [0.29, 0.717) is 51.5 Å². The van der Waals surface area contributed by atoms with E-state index in [1.807, 2.05) is 50.2 Å². The van der Waals surface area contributed by atoms with Crippen LogP contribution < -0.4 is 25.1 Å². The first-order valence-electron chi connectivity index (χ1n) is 11.9. The zero-order valence-corrected chi connectivity index (χ0v) is 22.5. The van der Waals surface area contributed by atoms with Crippen LogP contribution in [-0.2, 0) is 11.3 Å². The van der Waals surface area contributed by atoms with Gasteiger partial charge < -0.3 is 19.5 Å². The van der Waals surface area contributed by atoms with Gasteiger partial charge in [0.2, 0.25) is 5.91 Å². The minimum atomic E-state index is -0.188. The van der Waals surface area contributed by atoms with Gasteiger partial charge in [0.15, 0.2) is 16.7 Å². The summed E-state index contributed by atoms with van der Waals surface area (Å²) in [4.78, 5) is 32.9. The number of nitrogens with zero attached hydrogens (tertiary/aromatic N) is 2. The van der Waals surface area contributed by atoms with Crippen LogP contribution in [0.5, 0.6) is 17.2 Å². The number of rotatable bonds is 7. The second-order valence-electron chi connectivity index (χ2n) is 8.56. The van der Waals surface area contributed by atoms with Crippen LogP contribution in [0.4, 0.5) is 0 Å². The lowest BCUT2D eigenvalue weighted by molar-refractivity contribution is -0.118. The van der Waals surface area contributed by atoms with Crippen molar-refractivity contribution in [1.29, 1.82) is 0 Å². The standard InChI is InChI=1S/C27H27N3O5S2/c1-16-17(2)37-25-24(16)26(32)30(19-8-5-4-6-9-19)27(29-25)36-15-23(31)28-14-18-12-21-22(13-20(18)33-3)35-11-7-10-34-21/h4-6,8-9,12-13H,7,10-11,14-15H2,1-3H3,(H,28,31). The molecule has 2 aromatic carbocycles. The normalized spacial score (nSPS) is 12.8. The van der Waals surface area contributed by atoms with Crippen LogP contribution in [0.25, 0.3) is 15.9 Å². The molecule has 1 aliphatic rings. The number of hydrogen-bond acceptors (Lipinski definition) is 8. The summed E-state index contributed by atoms with van der Waals surface area (Å²) < 4.78 is 18.6. The Labute approximate surface area is 222 Å². The monoisotopic (exact) mass is 537 g/mol. The number of aromatic nitrogens is 2. The molecule has 192 valence electrons. The number of thiophene rings is 1. The molecule has 0 radical (unpaired) electrons. The number of benzene rings is 2. The fourth-order valence-corrected chi connectivity index (χ4v) is 6.03. The van der Waals surface area contributed by atoms with Crippen molar-refractivity contribution < 1.29 is 19.0 Å². The molecular formula is C27H27N3O5S2. The van der Waals surface area contributed by atoms with Crippen molar-refractivity contribution >= 4 is 39.2 Å². The minimum absolute atomic E-state index is 0.0982. The van der Waals surface area contributed by atoms with Gasteiger partial charge in [0.05, 0.1) is 37.2 Å². The highest BCUT2D eigenvalue weighted by molar-refractivity contribution is 7.99. The van der Waals surface area contributed by atoms with Crippen LogP contribution in [0.3, 0.4) is 0 Å². The Hall–Kier alpha value is -3.50. The largest absolute Gasteiger partial charge is 0.496 e. The van der Waals surface area contributed by atoms with Crippen molar-refractivity contribution in [2.24, 2.45) is 0 Å². The van der Waals surface area contributed by atoms with Gasteiger partial charge in [-0.15, -0.1) is 11.3 Å². The predicted octanol–water partition coefficient (Wildman–Crippen LogP) is 4.64. The van der Waals surface area contributed by atoms with Crippen LogP contribution >= 0.6 is 23.1 Å². The van der Waals surface area contributed by atoms with Crippen LogP contribution in [0.1, 0.15) is 22.4 Å². The number of hydrogen-bond donors (Lipinski definition) is 1. The summed E-state index contributed by atoms with van der Waals surface area (Å²) >= 11 is 2.73. The molecule has 3 heterocycles. The quantitative estimate of drug-likeness (QED) is 0.271. The van der Waals surface area contributed by atoms with Crippen LogP contribution in [0.2, 0.25) is 0 Å². The summed E-state index contributed by atoms with van der Waals surface area (Å²) in [6, 6.07) is 13.0. The van der Waals surface area contributed by atoms with Crippen molar-refractivity contribution in [2.45, 2.75) is 32.0 Å². The molecule has 1 aliphatic heterocycles. The molecule has 4 aromatic rings. The molecule has 0 aliphatic carbocycles. The maximum atomic E-state index is 13.5. The summed E-state index contributed by atoms with van der Waals surface area (Å²) in [5.41, 5.74) is 2.32. The summed E-state index contributed by atoms with van der Waals surface area (Å²) in [7, 11) is 1.58. The van der Waals surface area contributed by atoms with Crippen molar-refractivity contribution in [3.8, 4) is 22.9 Å². The molecule has 1 amide bonds. The zero-order valence-electron chi connectivity index (χ0n) is 20.8. The zero-order chi connectivity index (χ0) is 25.9. The molecule has 5 rings (SSSR count). The van der Waals surface area contributed by atoms with Crippen molar-refractivity contribution in [1.82, 2.24) is 14.9 Å². The van der Waals surface area contributed by atoms with E-state index in [9.17, 15) is 9.59 Å². The average molecular weight is 538 g/mol. The molecule has 10 heteroatoms. The number of carbonyl (C=O) groups is 1. The first-order valence-corrected chi connectivity index (χ1v) is 13.7. The summed E-state index contributed by atoms with van der Waals surface area (Å²) in [5, 5.41) is 4.05. The number of aryl methyl sites for hydroxylation is 2. The topological polar surface area (TPSA) is 91.7 Å². The van der Waals surface area contributed by atoms with Gasteiger partial charge in [0.25, 0.3) is 5.56 Å². The summed E-state index contributed by atoms with van der Waals surface area (Å²) in [6.07, 6.45) is 0.804. The van der Waals surface area contributed by atoms with Crippen molar-refractivity contribution in [3.05, 3.63) is 68.8 Å². The Morgan fingerprint density at radius 3 is 2.62 bits per heavy atom. The molecule has 8 nitrogen and oxygen atoms in total. The number of methoxy groups -OCH3 is 1. The third-order valence-corrected chi connectivity index (χ3v) is 8.19. The molecule has 0 spiro atoms. The predicted molar refractivity (Wildman–Crippen MR) is 146 cm³/mol. The van der Waals surface area contributed by atoms with E-state index in [0.717, 1.165) is 22.4 Å². The van der Waals surface area contributed by atoms with Gasteiger partial charge >= 0.3 is 0 Å². The number of para-hydroxylation sites is 1. The minimum Gasteiger partial charge on any atom is -0.496 e. The number of ether oxygens (including phenoxy) is 3. The lowest BCUT2D eigenvalue weighted by atomic mass is 10.1. The number of fused-ring (bicyclic) bond motifs is 2. The third-order valence-electron chi connectivity index (χ3n) is 6.15. The molecule has 37 heavy (non-hydrogen) atoms. The fourth-order valence-electron chi connectivity index (χ4n) is 4.11. The van der Waals surface area contributed by atoms with E-state index in [1.54, 1.807) is 17.7 Å². The highest BCUT2D eigenvalue weighted by Gasteiger charge is 2.20. The Morgan fingerprint density at radius 1 is 1.16 bits per heavy atom. The maximum Gasteiger partial charge on any atom is 0.267 e. The first kappa shape index (κ1) is 25.2. The molecular weight excluding hydrogens is 510 g/mol. The lowest BCUT2D eigenvalue weighted by Crippen LogP contribution is -2.26. The van der Waals surface area contributed by atoms with E-state index in [2.05, 4.69) is 5.32 Å². The molecule has 2 aromatic heterocycles. The van der Waals surface area contributed by atoms with Gasteiger partial charge in [-0.05, 0) is 37.6 Å². The van der Waals surface area contributed by atoms with E-state index in [4.69, 9.17) is 19.2 Å². The number of amides is 1. The van der Waals surface area contributed by atoms with Gasteiger partial charge in [-0.25, -0.2) is 4.98 Å². The van der Waals surface area contributed by atoms with Gasteiger partial charge in [0, 0.05) is 29.5 Å². The second-order valence-corrected chi connectivity index (χ2v) is 10.7. The average Bonchev–Trinajstić information content (AvgIpc) is 3.05. The number of thioether (sulfide) groups is 1. The lowest BCUT2D eigenvalue weighted by Gasteiger charge is -2.15. The number of carbonyl (C=O) groups excluding carboxylic acids is 1. The Balaban J connectivity index is 1.36. The van der Waals surface area contributed by atoms with Gasteiger partial charge in [-0.2, -0.15) is 0 Å². The molecule has 0 saturated carbocycles. The smallest absolute Gasteiger partial charge is 0.267 e. The molecule has 0 atom stereocenters. The Kier molecular flexibility index (Phi) is 7.38. The van der Waals surface area contributed by atoms with Gasteiger partial charge in [0.1, 0.15) is 10.6 Å². The van der Waals surface area contributed by atoms with Crippen LogP contribution in [0.15, 0.2) is 52.4 Å². The summed E-state index contributed by atoms with van der Waals surface area (Å²) in [5.74, 6) is 1.81. The first-order chi connectivity index (χ1) is 18.0. The molecule has 0 bridgehead atoms. The Bertz CT molecular complexity index is 1510. The highest BCUT2D eigenvalue weighted by atomic mass is 32.2. The maximum absolute atomic E-state index is 13.5. The van der Waals surface area contributed by atoms with Crippen molar-refractivity contribution in [2.75, 3.05) is 26.1 Å². The van der Waals surface area contributed by atoms with Crippen molar-refractivity contribution in [3.63, 3.8) is 0 Å². The van der Waals surface area contributed by atoms with Gasteiger partial charge in [-0.1, -0.05) is 30.0 Å². The van der Waals surface area contributed by atoms with Gasteiger partial charge in [-0.3, -0.25) is 14.2 Å². The highest BCUT2D eigenvalue weighted by Crippen LogP contribution is 2.36. The SMILES string of the molecule is COc1cc2c(cc1CNC(=O)CSc1nc3sc(C)c(C)c3c(=O)n1-c1ccccc1)OCCCO2. The van der Waals surface area contributed by atoms with E-state index < -0.39 is 0 Å². The molecule has 1 N–H and O–H groups in total.